The maximum atomic E-state index is 13.7. The van der Waals surface area contributed by atoms with Gasteiger partial charge in [0.05, 0.1) is 34.6 Å². The molecule has 6 nitrogen and oxygen atoms in total. The largest absolute Gasteiger partial charge is 0.496 e. The molecule has 2 aliphatic heterocycles. The van der Waals surface area contributed by atoms with Gasteiger partial charge in [0, 0.05) is 5.56 Å². The number of amides is 2. The van der Waals surface area contributed by atoms with Crippen LogP contribution < -0.4 is 14.7 Å². The number of ether oxygens (including phenoxy) is 1. The van der Waals surface area contributed by atoms with Gasteiger partial charge < -0.3 is 4.74 Å². The fraction of sp³-hybridized carbons (Fsp3) is 0.167. The number of carbonyl (C=O) groups is 2. The van der Waals surface area contributed by atoms with Crippen molar-refractivity contribution in [3.8, 4) is 5.75 Å². The third-order valence-corrected chi connectivity index (χ3v) is 6.35. The molecule has 0 radical (unpaired) electrons. The van der Waals surface area contributed by atoms with Crippen LogP contribution in [0.15, 0.2) is 72.8 Å². The number of carbonyl (C=O) groups excluding carboxylic acids is 2. The number of hydrogen-bond acceptors (Lipinski definition) is 5. The van der Waals surface area contributed by atoms with Crippen molar-refractivity contribution in [1.82, 2.24) is 0 Å². The second-order valence-corrected chi connectivity index (χ2v) is 8.30. The van der Waals surface area contributed by atoms with E-state index < -0.39 is 29.9 Å². The Kier molecular flexibility index (Phi) is 5.29. The Bertz CT molecular complexity index is 1180. The van der Waals surface area contributed by atoms with Crippen molar-refractivity contribution >= 4 is 46.4 Å². The van der Waals surface area contributed by atoms with Gasteiger partial charge in [-0.15, -0.1) is 0 Å². The van der Waals surface area contributed by atoms with E-state index in [0.29, 0.717) is 5.75 Å². The molecule has 0 spiro atoms. The van der Waals surface area contributed by atoms with Crippen LogP contribution >= 0.6 is 23.2 Å². The molecule has 0 N–H and O–H groups in total. The summed E-state index contributed by atoms with van der Waals surface area (Å²) >= 11 is 12.6. The third-order valence-electron chi connectivity index (χ3n) is 5.74. The fourth-order valence-corrected chi connectivity index (χ4v) is 4.93. The van der Waals surface area contributed by atoms with Gasteiger partial charge in [0.1, 0.15) is 11.7 Å². The lowest BCUT2D eigenvalue weighted by Gasteiger charge is -2.29. The van der Waals surface area contributed by atoms with E-state index >= 15 is 0 Å². The molecule has 2 fully saturated rings. The minimum absolute atomic E-state index is 0.175. The van der Waals surface area contributed by atoms with Crippen molar-refractivity contribution in [3.63, 3.8) is 0 Å². The summed E-state index contributed by atoms with van der Waals surface area (Å²) in [7, 11) is 1.57. The van der Waals surface area contributed by atoms with Crippen molar-refractivity contribution in [1.29, 1.82) is 0 Å². The lowest BCUT2D eigenvalue weighted by atomic mass is 9.90. The summed E-state index contributed by atoms with van der Waals surface area (Å²) in [6.07, 6.45) is -1.02. The van der Waals surface area contributed by atoms with Gasteiger partial charge in [-0.1, -0.05) is 65.7 Å². The van der Waals surface area contributed by atoms with Gasteiger partial charge in [0.25, 0.3) is 5.91 Å². The van der Waals surface area contributed by atoms with Crippen LogP contribution in [-0.4, -0.2) is 25.0 Å². The Labute approximate surface area is 194 Å². The van der Waals surface area contributed by atoms with Crippen molar-refractivity contribution in [2.75, 3.05) is 17.1 Å². The predicted molar refractivity (Wildman–Crippen MR) is 122 cm³/mol. The fourth-order valence-electron chi connectivity index (χ4n) is 4.36. The average Bonchev–Trinajstić information content (AvgIpc) is 3.31. The van der Waals surface area contributed by atoms with Crippen molar-refractivity contribution in [2.45, 2.75) is 12.1 Å². The van der Waals surface area contributed by atoms with E-state index in [2.05, 4.69) is 0 Å². The minimum Gasteiger partial charge on any atom is -0.496 e. The molecular weight excluding hydrogens is 451 g/mol. The van der Waals surface area contributed by atoms with E-state index in [9.17, 15) is 9.59 Å². The van der Waals surface area contributed by atoms with E-state index in [0.717, 1.165) is 16.2 Å². The predicted octanol–water partition coefficient (Wildman–Crippen LogP) is 5.05. The highest BCUT2D eigenvalue weighted by molar-refractivity contribution is 6.42. The van der Waals surface area contributed by atoms with Gasteiger partial charge in [-0.2, -0.15) is 0 Å². The lowest BCUT2D eigenvalue weighted by molar-refractivity contribution is -0.126. The number of anilines is 2. The molecule has 3 aromatic carbocycles. The van der Waals surface area contributed by atoms with Crippen LogP contribution in [0.25, 0.3) is 0 Å². The van der Waals surface area contributed by atoms with E-state index in [1.54, 1.807) is 30.4 Å². The summed E-state index contributed by atoms with van der Waals surface area (Å²) in [6.45, 7) is 0. The van der Waals surface area contributed by atoms with Crippen molar-refractivity contribution in [2.24, 2.45) is 5.92 Å². The number of methoxy groups -OCH3 is 1. The molecule has 2 amide bonds. The van der Waals surface area contributed by atoms with E-state index in [-0.39, 0.29) is 15.7 Å². The van der Waals surface area contributed by atoms with E-state index in [1.807, 2.05) is 54.6 Å². The molecule has 2 heterocycles. The molecule has 32 heavy (non-hydrogen) atoms. The van der Waals surface area contributed by atoms with Crippen LogP contribution in [0.5, 0.6) is 5.75 Å². The summed E-state index contributed by atoms with van der Waals surface area (Å²) < 4.78 is 5.57. The minimum atomic E-state index is -1.02. The average molecular weight is 469 g/mol. The normalized spacial score (nSPS) is 22.4. The Morgan fingerprint density at radius 3 is 2.19 bits per heavy atom. The van der Waals surface area contributed by atoms with Crippen molar-refractivity contribution < 1.29 is 19.2 Å². The smallest absolute Gasteiger partial charge is 0.266 e. The number of imide groups is 1. The molecule has 0 aliphatic carbocycles. The number of nitrogens with zero attached hydrogens (tertiary/aromatic N) is 2. The van der Waals surface area contributed by atoms with Gasteiger partial charge in [-0.3, -0.25) is 14.4 Å². The molecule has 2 aliphatic rings. The molecule has 5 rings (SSSR count). The Morgan fingerprint density at radius 2 is 1.50 bits per heavy atom. The van der Waals surface area contributed by atoms with Crippen LogP contribution in [0, 0.1) is 5.92 Å². The first-order valence-corrected chi connectivity index (χ1v) is 10.7. The highest BCUT2D eigenvalue weighted by Crippen LogP contribution is 2.50. The van der Waals surface area contributed by atoms with Crippen LogP contribution in [0.3, 0.4) is 0 Å². The summed E-state index contributed by atoms with van der Waals surface area (Å²) in [5, 5.41) is 2.05. The van der Waals surface area contributed by atoms with Gasteiger partial charge in [-0.05, 0) is 30.3 Å². The lowest BCUT2D eigenvalue weighted by Crippen LogP contribution is -2.37. The first kappa shape index (κ1) is 20.8. The number of benzene rings is 3. The van der Waals surface area contributed by atoms with Gasteiger partial charge in [0.2, 0.25) is 5.91 Å². The SMILES string of the molecule is COc1ccccc1[C@H]1[C@@H]2C(=O)N(c3c(Cl)cccc3Cl)C(=O)[C@H]2ON1c1ccccc1. The van der Waals surface area contributed by atoms with Crippen LogP contribution in [0.4, 0.5) is 11.4 Å². The number of hydrogen-bond donors (Lipinski definition) is 0. The molecule has 3 atom stereocenters. The zero-order valence-electron chi connectivity index (χ0n) is 16.9. The first-order chi connectivity index (χ1) is 15.5. The molecule has 0 saturated carbocycles. The highest BCUT2D eigenvalue weighted by Gasteiger charge is 2.61. The topological polar surface area (TPSA) is 59.1 Å². The maximum Gasteiger partial charge on any atom is 0.266 e. The molecule has 8 heteroatoms. The molecule has 0 bridgehead atoms. The number of fused-ring (bicyclic) bond motifs is 1. The highest BCUT2D eigenvalue weighted by atomic mass is 35.5. The number of hydroxylamine groups is 1. The monoisotopic (exact) mass is 468 g/mol. The zero-order valence-corrected chi connectivity index (χ0v) is 18.5. The maximum absolute atomic E-state index is 13.7. The van der Waals surface area contributed by atoms with E-state index in [4.69, 9.17) is 32.8 Å². The Balaban J connectivity index is 1.64. The number of para-hydroxylation sites is 3. The number of halogens is 2. The second-order valence-electron chi connectivity index (χ2n) is 7.48. The Morgan fingerprint density at radius 1 is 0.844 bits per heavy atom. The second kappa shape index (κ2) is 8.13. The quantitative estimate of drug-likeness (QED) is 0.501. The Hall–Kier alpha value is -3.06. The molecule has 2 saturated heterocycles. The van der Waals surface area contributed by atoms with Gasteiger partial charge in [-0.25, -0.2) is 9.96 Å². The summed E-state index contributed by atoms with van der Waals surface area (Å²) in [5.41, 5.74) is 1.63. The zero-order chi connectivity index (χ0) is 22.4. The molecule has 0 unspecified atom stereocenters. The standard InChI is InChI=1S/C24H18Cl2N2O4/c1-31-18-13-6-5-10-15(18)20-19-22(32-28(20)14-8-3-2-4-9-14)24(30)27(23(19)29)21-16(25)11-7-12-17(21)26/h2-13,19-20,22H,1H3/t19-,20-,22-/m0/s1. The molecule has 0 aromatic heterocycles. The van der Waals surface area contributed by atoms with Crippen molar-refractivity contribution in [3.05, 3.63) is 88.4 Å². The van der Waals surface area contributed by atoms with Crippen LogP contribution in [0.1, 0.15) is 11.6 Å². The summed E-state index contributed by atoms with van der Waals surface area (Å²) in [6, 6.07) is 21.0. The summed E-state index contributed by atoms with van der Waals surface area (Å²) in [4.78, 5) is 34.3. The van der Waals surface area contributed by atoms with Crippen LogP contribution in [0.2, 0.25) is 10.0 Å². The van der Waals surface area contributed by atoms with Crippen LogP contribution in [-0.2, 0) is 14.4 Å². The number of rotatable bonds is 4. The first-order valence-electron chi connectivity index (χ1n) is 9.98. The summed E-state index contributed by atoms with van der Waals surface area (Å²) in [5.74, 6) is -1.15. The van der Waals surface area contributed by atoms with Gasteiger partial charge in [0.15, 0.2) is 6.10 Å². The van der Waals surface area contributed by atoms with Gasteiger partial charge >= 0.3 is 0 Å². The molecular formula is C24H18Cl2N2O4. The third kappa shape index (κ3) is 3.14. The molecule has 3 aromatic rings. The van der Waals surface area contributed by atoms with E-state index in [1.165, 1.54) is 0 Å². The molecule has 162 valence electrons.